The molecular formula is C22H32O5. The van der Waals surface area contributed by atoms with E-state index in [4.69, 9.17) is 0 Å². The number of fused-ring (bicyclic) bond motifs is 5. The van der Waals surface area contributed by atoms with Crippen LogP contribution in [0.15, 0.2) is 11.6 Å². The second kappa shape index (κ2) is 6.15. The SMILES string of the molecule is CC(C(=O)O)C1CCC2C3C(O)CC4=CC(=O)CCC4(C)C3CC(O)C12C. The van der Waals surface area contributed by atoms with Gasteiger partial charge < -0.3 is 15.3 Å². The molecule has 3 N–H and O–H groups in total. The summed E-state index contributed by atoms with van der Waals surface area (Å²) in [4.78, 5) is 23.6. The highest BCUT2D eigenvalue weighted by atomic mass is 16.4. The lowest BCUT2D eigenvalue weighted by molar-refractivity contribution is -0.173. The highest BCUT2D eigenvalue weighted by molar-refractivity contribution is 5.91. The van der Waals surface area contributed by atoms with Crippen molar-refractivity contribution in [1.29, 1.82) is 0 Å². The minimum Gasteiger partial charge on any atom is -0.481 e. The maximum atomic E-state index is 11.9. The molecule has 4 aliphatic rings. The Balaban J connectivity index is 1.73. The maximum Gasteiger partial charge on any atom is 0.306 e. The molecule has 0 aliphatic heterocycles. The van der Waals surface area contributed by atoms with Crippen LogP contribution in [0.2, 0.25) is 0 Å². The standard InChI is InChI=1S/C22H32O5/c1-11(20(26)27)14-4-5-15-19-16(10-18(25)22(14,15)3)21(2)7-6-13(23)8-12(21)9-17(19)24/h8,11,14-19,24-25H,4-7,9-10H2,1-3H3,(H,26,27). The monoisotopic (exact) mass is 376 g/mol. The van der Waals surface area contributed by atoms with E-state index in [1.165, 1.54) is 0 Å². The predicted molar refractivity (Wildman–Crippen MR) is 99.8 cm³/mol. The number of rotatable bonds is 2. The molecule has 0 aromatic carbocycles. The van der Waals surface area contributed by atoms with E-state index in [1.54, 1.807) is 13.0 Å². The van der Waals surface area contributed by atoms with Crippen LogP contribution >= 0.6 is 0 Å². The molecule has 0 radical (unpaired) electrons. The summed E-state index contributed by atoms with van der Waals surface area (Å²) in [5.41, 5.74) is 0.440. The van der Waals surface area contributed by atoms with E-state index >= 15 is 0 Å². The fourth-order valence-corrected chi connectivity index (χ4v) is 7.52. The summed E-state index contributed by atoms with van der Waals surface area (Å²) < 4.78 is 0. The van der Waals surface area contributed by atoms with Gasteiger partial charge in [0.25, 0.3) is 0 Å². The van der Waals surface area contributed by atoms with Crippen molar-refractivity contribution in [3.05, 3.63) is 11.6 Å². The molecule has 4 rings (SSSR count). The van der Waals surface area contributed by atoms with Gasteiger partial charge in [-0.2, -0.15) is 0 Å². The average Bonchev–Trinajstić information content (AvgIpc) is 2.95. The molecule has 0 bridgehead atoms. The molecule has 4 aliphatic carbocycles. The van der Waals surface area contributed by atoms with E-state index in [9.17, 15) is 24.9 Å². The Hall–Kier alpha value is -1.20. The van der Waals surface area contributed by atoms with Gasteiger partial charge in [-0.3, -0.25) is 9.59 Å². The lowest BCUT2D eigenvalue weighted by atomic mass is 9.45. The third-order valence-corrected chi connectivity index (χ3v) is 9.16. The Morgan fingerprint density at radius 2 is 1.93 bits per heavy atom. The summed E-state index contributed by atoms with van der Waals surface area (Å²) in [6, 6.07) is 0. The summed E-state index contributed by atoms with van der Waals surface area (Å²) >= 11 is 0. The number of carboxylic acids is 1. The van der Waals surface area contributed by atoms with Gasteiger partial charge in [0.15, 0.2) is 5.78 Å². The van der Waals surface area contributed by atoms with Gasteiger partial charge in [0.05, 0.1) is 18.1 Å². The number of aliphatic carboxylic acids is 1. The Kier molecular flexibility index (Phi) is 4.36. The van der Waals surface area contributed by atoms with Gasteiger partial charge in [-0.05, 0) is 67.3 Å². The minimum atomic E-state index is -0.802. The first-order valence-electron chi connectivity index (χ1n) is 10.4. The molecule has 0 amide bonds. The summed E-state index contributed by atoms with van der Waals surface area (Å²) in [6.45, 7) is 6.02. The van der Waals surface area contributed by atoms with Gasteiger partial charge in [0.2, 0.25) is 0 Å². The first kappa shape index (κ1) is 19.1. The second-order valence-corrected chi connectivity index (χ2v) is 10.0. The summed E-state index contributed by atoms with van der Waals surface area (Å²) in [5, 5.41) is 31.9. The summed E-state index contributed by atoms with van der Waals surface area (Å²) in [6.07, 6.45) is 4.75. The van der Waals surface area contributed by atoms with Crippen molar-refractivity contribution in [3.63, 3.8) is 0 Å². The van der Waals surface area contributed by atoms with Crippen LogP contribution in [0.1, 0.15) is 59.3 Å². The number of carbonyl (C=O) groups is 2. The van der Waals surface area contributed by atoms with Crippen molar-refractivity contribution in [2.75, 3.05) is 0 Å². The zero-order valence-corrected chi connectivity index (χ0v) is 16.5. The Morgan fingerprint density at radius 3 is 2.59 bits per heavy atom. The number of ketones is 1. The van der Waals surface area contributed by atoms with Gasteiger partial charge in [0, 0.05) is 11.8 Å². The molecule has 0 aromatic heterocycles. The lowest BCUT2D eigenvalue weighted by Crippen LogP contribution is -2.60. The molecule has 0 heterocycles. The minimum absolute atomic E-state index is 0.0687. The number of carboxylic acid groups (broad SMARTS) is 1. The fourth-order valence-electron chi connectivity index (χ4n) is 7.52. The lowest BCUT2D eigenvalue weighted by Gasteiger charge is -2.61. The third-order valence-electron chi connectivity index (χ3n) is 9.16. The Labute approximate surface area is 160 Å². The van der Waals surface area contributed by atoms with Gasteiger partial charge in [-0.1, -0.05) is 26.3 Å². The third kappa shape index (κ3) is 2.50. The van der Waals surface area contributed by atoms with Crippen LogP contribution in [0.25, 0.3) is 0 Å². The zero-order valence-electron chi connectivity index (χ0n) is 16.5. The van der Waals surface area contributed by atoms with Crippen molar-refractivity contribution in [2.24, 2.45) is 40.4 Å². The van der Waals surface area contributed by atoms with Crippen LogP contribution in [0.4, 0.5) is 0 Å². The topological polar surface area (TPSA) is 94.8 Å². The predicted octanol–water partition coefficient (Wildman–Crippen LogP) is 2.80. The molecule has 3 saturated carbocycles. The normalized spacial score (nSPS) is 50.3. The Morgan fingerprint density at radius 1 is 1.22 bits per heavy atom. The van der Waals surface area contributed by atoms with Crippen LogP contribution in [-0.2, 0) is 9.59 Å². The van der Waals surface area contributed by atoms with E-state index in [0.29, 0.717) is 19.3 Å². The van der Waals surface area contributed by atoms with E-state index in [1.807, 2.05) is 0 Å². The molecule has 27 heavy (non-hydrogen) atoms. The molecular weight excluding hydrogens is 344 g/mol. The molecule has 5 heteroatoms. The van der Waals surface area contributed by atoms with Crippen molar-refractivity contribution < 1.29 is 24.9 Å². The van der Waals surface area contributed by atoms with Crippen molar-refractivity contribution in [2.45, 2.75) is 71.5 Å². The maximum absolute atomic E-state index is 11.9. The van der Waals surface area contributed by atoms with Crippen LogP contribution in [-0.4, -0.2) is 39.3 Å². The van der Waals surface area contributed by atoms with Crippen molar-refractivity contribution in [1.82, 2.24) is 0 Å². The highest BCUT2D eigenvalue weighted by Crippen LogP contribution is 2.67. The van der Waals surface area contributed by atoms with E-state index in [-0.39, 0.29) is 34.9 Å². The second-order valence-electron chi connectivity index (χ2n) is 10.0. The van der Waals surface area contributed by atoms with Crippen molar-refractivity contribution in [3.8, 4) is 0 Å². The molecule has 150 valence electrons. The van der Waals surface area contributed by atoms with Gasteiger partial charge in [0.1, 0.15) is 0 Å². The first-order valence-corrected chi connectivity index (χ1v) is 10.4. The smallest absolute Gasteiger partial charge is 0.306 e. The molecule has 0 spiro atoms. The van der Waals surface area contributed by atoms with Crippen molar-refractivity contribution >= 4 is 11.8 Å². The number of aliphatic hydroxyl groups is 2. The van der Waals surface area contributed by atoms with E-state index in [0.717, 1.165) is 24.8 Å². The van der Waals surface area contributed by atoms with Crippen LogP contribution in [0, 0.1) is 40.4 Å². The number of hydrogen-bond donors (Lipinski definition) is 3. The molecule has 9 unspecified atom stereocenters. The van der Waals surface area contributed by atoms with E-state index in [2.05, 4.69) is 13.8 Å². The zero-order chi connectivity index (χ0) is 19.7. The summed E-state index contributed by atoms with van der Waals surface area (Å²) in [5.74, 6) is -0.878. The first-order chi connectivity index (χ1) is 12.6. The molecule has 3 fully saturated rings. The van der Waals surface area contributed by atoms with Gasteiger partial charge in [-0.15, -0.1) is 0 Å². The number of carbonyl (C=O) groups excluding carboxylic acids is 1. The van der Waals surface area contributed by atoms with Gasteiger partial charge >= 0.3 is 5.97 Å². The number of hydrogen-bond acceptors (Lipinski definition) is 4. The molecule has 9 atom stereocenters. The molecule has 5 nitrogen and oxygen atoms in total. The average molecular weight is 376 g/mol. The molecule has 0 saturated heterocycles. The largest absolute Gasteiger partial charge is 0.481 e. The van der Waals surface area contributed by atoms with E-state index < -0.39 is 29.5 Å². The van der Waals surface area contributed by atoms with Crippen LogP contribution in [0.3, 0.4) is 0 Å². The fraction of sp³-hybridized carbons (Fsp3) is 0.818. The number of aliphatic hydroxyl groups excluding tert-OH is 2. The summed E-state index contributed by atoms with van der Waals surface area (Å²) in [7, 11) is 0. The Bertz CT molecular complexity index is 699. The van der Waals surface area contributed by atoms with Crippen LogP contribution in [0.5, 0.6) is 0 Å². The quantitative estimate of drug-likeness (QED) is 0.689. The highest BCUT2D eigenvalue weighted by Gasteiger charge is 2.65. The molecule has 0 aromatic rings. The van der Waals surface area contributed by atoms with Crippen LogP contribution < -0.4 is 0 Å². The van der Waals surface area contributed by atoms with Gasteiger partial charge in [-0.25, -0.2) is 0 Å².